The van der Waals surface area contributed by atoms with E-state index in [1.165, 1.54) is 23.9 Å². The highest BCUT2D eigenvalue weighted by Crippen LogP contribution is 2.14. The fourth-order valence-corrected chi connectivity index (χ4v) is 1.41. The number of hydrogen-bond donors (Lipinski definition) is 0. The number of pyridine rings is 1. The molecule has 2 rings (SSSR count). The van der Waals surface area contributed by atoms with E-state index in [0.29, 0.717) is 12.5 Å². The van der Waals surface area contributed by atoms with Crippen molar-refractivity contribution in [2.75, 3.05) is 0 Å². The van der Waals surface area contributed by atoms with Gasteiger partial charge in [-0.1, -0.05) is 29.8 Å². The van der Waals surface area contributed by atoms with Gasteiger partial charge in [-0.25, -0.2) is 4.98 Å². The van der Waals surface area contributed by atoms with Gasteiger partial charge in [-0.15, -0.1) is 0 Å². The topological polar surface area (TPSA) is 65.3 Å². The number of aromatic nitrogens is 1. The van der Waals surface area contributed by atoms with Crippen molar-refractivity contribution >= 4 is 5.69 Å². The first-order chi connectivity index (χ1) is 8.65. The summed E-state index contributed by atoms with van der Waals surface area (Å²) in [7, 11) is 0. The maximum Gasteiger partial charge on any atom is 0.287 e. The van der Waals surface area contributed by atoms with E-state index in [2.05, 4.69) is 4.98 Å². The Hall–Kier alpha value is -2.43. The molecule has 0 amide bonds. The van der Waals surface area contributed by atoms with Crippen molar-refractivity contribution in [2.45, 2.75) is 13.5 Å². The number of benzene rings is 1. The monoisotopic (exact) mass is 244 g/mol. The van der Waals surface area contributed by atoms with Crippen LogP contribution in [-0.2, 0) is 6.61 Å². The predicted molar refractivity (Wildman–Crippen MR) is 66.4 cm³/mol. The van der Waals surface area contributed by atoms with E-state index in [1.807, 2.05) is 31.2 Å². The molecule has 0 saturated heterocycles. The zero-order valence-electron chi connectivity index (χ0n) is 9.87. The second-order valence-electron chi connectivity index (χ2n) is 3.89. The van der Waals surface area contributed by atoms with Crippen LogP contribution in [-0.4, -0.2) is 9.91 Å². The minimum Gasteiger partial charge on any atom is -0.473 e. The minimum absolute atomic E-state index is 0.0438. The Kier molecular flexibility index (Phi) is 3.52. The molecule has 0 aliphatic rings. The highest BCUT2D eigenvalue weighted by molar-refractivity contribution is 5.29. The molecule has 0 aliphatic carbocycles. The van der Waals surface area contributed by atoms with Gasteiger partial charge in [0, 0.05) is 12.1 Å². The van der Waals surface area contributed by atoms with E-state index in [1.54, 1.807) is 0 Å². The first-order valence-electron chi connectivity index (χ1n) is 5.44. The normalized spacial score (nSPS) is 10.1. The molecular weight excluding hydrogens is 232 g/mol. The van der Waals surface area contributed by atoms with Crippen LogP contribution in [0.5, 0.6) is 5.88 Å². The first kappa shape index (κ1) is 12.0. The lowest BCUT2D eigenvalue weighted by molar-refractivity contribution is -0.385. The Morgan fingerprint density at radius 1 is 1.22 bits per heavy atom. The molecule has 2 aromatic rings. The van der Waals surface area contributed by atoms with Gasteiger partial charge in [0.1, 0.15) is 12.8 Å². The number of nitrogens with zero attached hydrogens (tertiary/aromatic N) is 2. The fourth-order valence-electron chi connectivity index (χ4n) is 1.41. The molecule has 5 nitrogen and oxygen atoms in total. The first-order valence-corrected chi connectivity index (χ1v) is 5.44. The van der Waals surface area contributed by atoms with E-state index in [-0.39, 0.29) is 5.69 Å². The molecule has 0 N–H and O–H groups in total. The summed E-state index contributed by atoms with van der Waals surface area (Å²) in [5.41, 5.74) is 2.17. The lowest BCUT2D eigenvalue weighted by Crippen LogP contribution is -1.97. The maximum absolute atomic E-state index is 10.4. The highest BCUT2D eigenvalue weighted by atomic mass is 16.6. The van der Waals surface area contributed by atoms with Crippen molar-refractivity contribution in [1.82, 2.24) is 4.98 Å². The van der Waals surface area contributed by atoms with E-state index >= 15 is 0 Å². The Bertz CT molecular complexity index is 535. The van der Waals surface area contributed by atoms with Crippen molar-refractivity contribution in [3.63, 3.8) is 0 Å². The molecule has 0 aliphatic heterocycles. The average Bonchev–Trinajstić information content (AvgIpc) is 2.38. The van der Waals surface area contributed by atoms with Crippen molar-refractivity contribution in [1.29, 1.82) is 0 Å². The van der Waals surface area contributed by atoms with Gasteiger partial charge >= 0.3 is 0 Å². The van der Waals surface area contributed by atoms with Crippen LogP contribution in [0.1, 0.15) is 11.1 Å². The van der Waals surface area contributed by atoms with Gasteiger partial charge < -0.3 is 4.74 Å². The molecule has 0 spiro atoms. The zero-order valence-corrected chi connectivity index (χ0v) is 9.87. The smallest absolute Gasteiger partial charge is 0.287 e. The van der Waals surface area contributed by atoms with Gasteiger partial charge in [-0.2, -0.15) is 0 Å². The molecule has 0 radical (unpaired) electrons. The summed E-state index contributed by atoms with van der Waals surface area (Å²) < 4.78 is 5.43. The van der Waals surface area contributed by atoms with Gasteiger partial charge in [-0.3, -0.25) is 10.1 Å². The van der Waals surface area contributed by atoms with Crippen LogP contribution in [0.3, 0.4) is 0 Å². The third-order valence-corrected chi connectivity index (χ3v) is 2.44. The highest BCUT2D eigenvalue weighted by Gasteiger charge is 2.05. The second-order valence-corrected chi connectivity index (χ2v) is 3.89. The van der Waals surface area contributed by atoms with Crippen LogP contribution in [0.4, 0.5) is 5.69 Å². The molecule has 0 atom stereocenters. The van der Waals surface area contributed by atoms with E-state index in [9.17, 15) is 10.1 Å². The van der Waals surface area contributed by atoms with Crippen LogP contribution in [0.2, 0.25) is 0 Å². The van der Waals surface area contributed by atoms with Crippen molar-refractivity contribution in [3.8, 4) is 5.88 Å². The molecule has 5 heteroatoms. The minimum atomic E-state index is -0.489. The lowest BCUT2D eigenvalue weighted by Gasteiger charge is -2.05. The van der Waals surface area contributed by atoms with Gasteiger partial charge in [0.15, 0.2) is 0 Å². The molecule has 0 unspecified atom stereocenters. The number of nitro groups is 1. The number of ether oxygens (including phenoxy) is 1. The molecule has 0 bridgehead atoms. The van der Waals surface area contributed by atoms with Crippen LogP contribution in [0.25, 0.3) is 0 Å². The summed E-state index contributed by atoms with van der Waals surface area (Å²) >= 11 is 0. The number of hydrogen-bond acceptors (Lipinski definition) is 4. The number of aryl methyl sites for hydroxylation is 1. The largest absolute Gasteiger partial charge is 0.473 e. The quantitative estimate of drug-likeness (QED) is 0.612. The third-order valence-electron chi connectivity index (χ3n) is 2.44. The molecule has 18 heavy (non-hydrogen) atoms. The predicted octanol–water partition coefficient (Wildman–Crippen LogP) is 2.88. The summed E-state index contributed by atoms with van der Waals surface area (Å²) in [5, 5.41) is 10.4. The zero-order chi connectivity index (χ0) is 13.0. The summed E-state index contributed by atoms with van der Waals surface area (Å²) in [6.07, 6.45) is 1.18. The standard InChI is InChI=1S/C13H12N2O3/c1-10-2-4-11(5-3-10)9-18-13-7-6-12(8-14-13)15(16)17/h2-8H,9H2,1H3. The summed E-state index contributed by atoms with van der Waals surface area (Å²) in [6, 6.07) is 10.8. The Morgan fingerprint density at radius 3 is 2.50 bits per heavy atom. The van der Waals surface area contributed by atoms with Crippen LogP contribution < -0.4 is 4.74 Å². The third kappa shape index (κ3) is 3.04. The van der Waals surface area contributed by atoms with Crippen LogP contribution in [0, 0.1) is 17.0 Å². The summed E-state index contributed by atoms with van der Waals surface area (Å²) in [5.74, 6) is 0.376. The Labute approximate surface area is 104 Å². The van der Waals surface area contributed by atoms with E-state index < -0.39 is 4.92 Å². The van der Waals surface area contributed by atoms with Gasteiger partial charge in [-0.05, 0) is 12.5 Å². The van der Waals surface area contributed by atoms with Gasteiger partial charge in [0.25, 0.3) is 5.69 Å². The SMILES string of the molecule is Cc1ccc(COc2ccc([N+](=O)[O-])cn2)cc1. The Balaban J connectivity index is 1.97. The van der Waals surface area contributed by atoms with Crippen LogP contribution >= 0.6 is 0 Å². The molecule has 1 aromatic carbocycles. The summed E-state index contributed by atoms with van der Waals surface area (Å²) in [4.78, 5) is 13.8. The van der Waals surface area contributed by atoms with Gasteiger partial charge in [0.05, 0.1) is 4.92 Å². The molecular formula is C13H12N2O3. The van der Waals surface area contributed by atoms with E-state index in [4.69, 9.17) is 4.74 Å². The molecule has 1 aromatic heterocycles. The average molecular weight is 244 g/mol. The van der Waals surface area contributed by atoms with Crippen molar-refractivity contribution < 1.29 is 9.66 Å². The molecule has 0 saturated carbocycles. The van der Waals surface area contributed by atoms with Crippen molar-refractivity contribution in [2.24, 2.45) is 0 Å². The Morgan fingerprint density at radius 2 is 1.94 bits per heavy atom. The van der Waals surface area contributed by atoms with Crippen molar-refractivity contribution in [3.05, 3.63) is 63.8 Å². The van der Waals surface area contributed by atoms with Gasteiger partial charge in [0.2, 0.25) is 5.88 Å². The number of rotatable bonds is 4. The molecule has 0 fully saturated rings. The lowest BCUT2D eigenvalue weighted by atomic mass is 10.2. The van der Waals surface area contributed by atoms with Crippen LogP contribution in [0.15, 0.2) is 42.6 Å². The van der Waals surface area contributed by atoms with E-state index in [0.717, 1.165) is 5.56 Å². The fraction of sp³-hybridized carbons (Fsp3) is 0.154. The molecule has 92 valence electrons. The summed E-state index contributed by atoms with van der Waals surface area (Å²) in [6.45, 7) is 2.41. The second kappa shape index (κ2) is 5.27. The molecule has 1 heterocycles. The maximum atomic E-state index is 10.4.